The topological polar surface area (TPSA) is 71.0 Å². The average Bonchev–Trinajstić information content (AvgIpc) is 2.94. The Bertz CT molecular complexity index is 1230. The molecule has 0 saturated carbocycles. The minimum Gasteiger partial charge on any atom is -0.445 e. The number of ether oxygens (including phenoxy) is 1. The van der Waals surface area contributed by atoms with Crippen molar-refractivity contribution in [3.8, 4) is 0 Å². The number of benzene rings is 3. The monoisotopic (exact) mass is 467 g/mol. The lowest BCUT2D eigenvalue weighted by Crippen LogP contribution is -2.46. The molecule has 9 heteroatoms. The molecule has 1 aliphatic rings. The summed E-state index contributed by atoms with van der Waals surface area (Å²) in [5.41, 5.74) is 1.66. The Morgan fingerprint density at radius 2 is 1.65 bits per heavy atom. The van der Waals surface area contributed by atoms with Crippen molar-refractivity contribution in [2.75, 3.05) is 11.9 Å². The number of nitrogens with one attached hydrogen (secondary N) is 1. The third-order valence-electron chi connectivity index (χ3n) is 5.30. The van der Waals surface area contributed by atoms with E-state index >= 15 is 0 Å². The van der Waals surface area contributed by atoms with Gasteiger partial charge in [-0.2, -0.15) is 13.2 Å². The SMILES string of the molecule is CN1C(=O)C(NC(=O)OCc2ccccc2)N=C(c2ccc(C(F)(F)F)cc2)c2ccccc21. The minimum atomic E-state index is -4.48. The van der Waals surface area contributed by atoms with E-state index in [9.17, 15) is 22.8 Å². The predicted molar refractivity (Wildman–Crippen MR) is 120 cm³/mol. The summed E-state index contributed by atoms with van der Waals surface area (Å²) in [7, 11) is 1.54. The van der Waals surface area contributed by atoms with Crippen molar-refractivity contribution in [2.24, 2.45) is 4.99 Å². The van der Waals surface area contributed by atoms with E-state index in [1.807, 2.05) is 6.07 Å². The van der Waals surface area contributed by atoms with Crippen LogP contribution in [0.4, 0.5) is 23.7 Å². The van der Waals surface area contributed by atoms with Crippen LogP contribution in [0.3, 0.4) is 0 Å². The van der Waals surface area contributed by atoms with Crippen LogP contribution >= 0.6 is 0 Å². The van der Waals surface area contributed by atoms with Crippen molar-refractivity contribution in [3.05, 3.63) is 101 Å². The molecule has 1 N–H and O–H groups in total. The highest BCUT2D eigenvalue weighted by Gasteiger charge is 2.33. The Morgan fingerprint density at radius 3 is 2.32 bits per heavy atom. The van der Waals surface area contributed by atoms with Gasteiger partial charge < -0.3 is 9.64 Å². The van der Waals surface area contributed by atoms with Gasteiger partial charge in [0.15, 0.2) is 0 Å². The molecule has 0 radical (unpaired) electrons. The number of benzodiazepines with no additional fused rings is 1. The molecule has 0 fully saturated rings. The van der Waals surface area contributed by atoms with Crippen LogP contribution in [-0.2, 0) is 22.3 Å². The van der Waals surface area contributed by atoms with Gasteiger partial charge in [0.2, 0.25) is 6.17 Å². The van der Waals surface area contributed by atoms with Crippen molar-refractivity contribution in [1.29, 1.82) is 0 Å². The van der Waals surface area contributed by atoms with Crippen LogP contribution in [0.25, 0.3) is 0 Å². The first-order valence-electron chi connectivity index (χ1n) is 10.3. The van der Waals surface area contributed by atoms with E-state index in [0.29, 0.717) is 16.8 Å². The number of hydrogen-bond acceptors (Lipinski definition) is 4. The van der Waals surface area contributed by atoms with E-state index < -0.39 is 29.9 Å². The van der Waals surface area contributed by atoms with Crippen LogP contribution < -0.4 is 10.2 Å². The summed E-state index contributed by atoms with van der Waals surface area (Å²) in [6.07, 6.45) is -6.67. The van der Waals surface area contributed by atoms with Crippen LogP contribution in [0.15, 0.2) is 83.9 Å². The Labute approximate surface area is 193 Å². The maximum absolute atomic E-state index is 13.1. The van der Waals surface area contributed by atoms with Gasteiger partial charge in [0.1, 0.15) is 6.61 Å². The molecular formula is C25H20F3N3O3. The molecule has 2 amide bonds. The normalized spacial score (nSPS) is 15.8. The summed E-state index contributed by atoms with van der Waals surface area (Å²) in [6, 6.07) is 20.4. The van der Waals surface area contributed by atoms with Crippen LogP contribution in [0, 0.1) is 0 Å². The molecule has 3 aromatic rings. The first-order valence-corrected chi connectivity index (χ1v) is 10.3. The van der Waals surface area contributed by atoms with Crippen LogP contribution in [0.2, 0.25) is 0 Å². The molecular weight excluding hydrogens is 447 g/mol. The fraction of sp³-hybridized carbons (Fsp3) is 0.160. The van der Waals surface area contributed by atoms with Crippen molar-refractivity contribution >= 4 is 23.4 Å². The molecule has 3 aromatic carbocycles. The molecule has 34 heavy (non-hydrogen) atoms. The van der Waals surface area contributed by atoms with Gasteiger partial charge in [0, 0.05) is 18.2 Å². The summed E-state index contributed by atoms with van der Waals surface area (Å²) in [4.78, 5) is 31.3. The number of hydrogen-bond donors (Lipinski definition) is 1. The smallest absolute Gasteiger partial charge is 0.416 e. The maximum atomic E-state index is 13.1. The molecule has 174 valence electrons. The molecule has 6 nitrogen and oxygen atoms in total. The van der Waals surface area contributed by atoms with Crippen LogP contribution in [-0.4, -0.2) is 30.9 Å². The third-order valence-corrected chi connectivity index (χ3v) is 5.30. The quantitative estimate of drug-likeness (QED) is 0.601. The number of alkyl halides is 3. The highest BCUT2D eigenvalue weighted by atomic mass is 19.4. The minimum absolute atomic E-state index is 0.000869. The van der Waals surface area contributed by atoms with E-state index in [1.165, 1.54) is 24.1 Å². The lowest BCUT2D eigenvalue weighted by atomic mass is 9.99. The summed E-state index contributed by atoms with van der Waals surface area (Å²) >= 11 is 0. The molecule has 1 heterocycles. The number of para-hydroxylation sites is 1. The number of amides is 2. The zero-order chi connectivity index (χ0) is 24.3. The lowest BCUT2D eigenvalue weighted by molar-refractivity contribution is -0.137. The predicted octanol–water partition coefficient (Wildman–Crippen LogP) is 4.77. The molecule has 0 saturated heterocycles. The van der Waals surface area contributed by atoms with Gasteiger partial charge in [-0.3, -0.25) is 10.1 Å². The van der Waals surface area contributed by atoms with Gasteiger partial charge in [-0.05, 0) is 23.8 Å². The number of nitrogens with zero attached hydrogens (tertiary/aromatic N) is 2. The van der Waals surface area contributed by atoms with E-state index in [4.69, 9.17) is 4.74 Å². The van der Waals surface area contributed by atoms with Crippen molar-refractivity contribution in [3.63, 3.8) is 0 Å². The molecule has 0 spiro atoms. The molecule has 1 unspecified atom stereocenters. The second kappa shape index (κ2) is 9.38. The second-order valence-corrected chi connectivity index (χ2v) is 7.58. The molecule has 4 rings (SSSR count). The van der Waals surface area contributed by atoms with E-state index in [2.05, 4.69) is 10.3 Å². The Hall–Kier alpha value is -4.14. The molecule has 0 bridgehead atoms. The number of alkyl carbamates (subject to hydrolysis) is 1. The van der Waals surface area contributed by atoms with Crippen LogP contribution in [0.1, 0.15) is 22.3 Å². The fourth-order valence-corrected chi connectivity index (χ4v) is 3.54. The summed E-state index contributed by atoms with van der Waals surface area (Å²) in [5, 5.41) is 2.46. The lowest BCUT2D eigenvalue weighted by Gasteiger charge is -2.20. The van der Waals surface area contributed by atoms with Gasteiger partial charge in [-0.15, -0.1) is 0 Å². The summed E-state index contributed by atoms with van der Waals surface area (Å²) in [6.45, 7) is -0.000869. The largest absolute Gasteiger partial charge is 0.445 e. The van der Waals surface area contributed by atoms with Crippen LogP contribution in [0.5, 0.6) is 0 Å². The zero-order valence-corrected chi connectivity index (χ0v) is 18.0. The van der Waals surface area contributed by atoms with Gasteiger partial charge in [-0.25, -0.2) is 9.79 Å². The Morgan fingerprint density at radius 1 is 1.00 bits per heavy atom. The highest BCUT2D eigenvalue weighted by molar-refractivity contribution is 6.20. The number of carbonyl (C=O) groups excluding carboxylic acids is 2. The summed E-state index contributed by atoms with van der Waals surface area (Å²) in [5.74, 6) is -0.522. The number of carbonyl (C=O) groups is 2. The third kappa shape index (κ3) is 4.93. The van der Waals surface area contributed by atoms with E-state index in [0.717, 1.165) is 17.7 Å². The van der Waals surface area contributed by atoms with Gasteiger partial charge in [-0.1, -0.05) is 60.7 Å². The summed E-state index contributed by atoms with van der Waals surface area (Å²) < 4.78 is 44.3. The number of rotatable bonds is 4. The molecule has 1 aliphatic heterocycles. The van der Waals surface area contributed by atoms with E-state index in [1.54, 1.807) is 48.5 Å². The number of anilines is 1. The van der Waals surface area contributed by atoms with Crippen molar-refractivity contribution in [1.82, 2.24) is 5.32 Å². The molecule has 0 aliphatic carbocycles. The molecule has 1 atom stereocenters. The maximum Gasteiger partial charge on any atom is 0.416 e. The van der Waals surface area contributed by atoms with Gasteiger partial charge in [0.05, 0.1) is 17.0 Å². The number of halogens is 3. The number of aliphatic imine (C=N–C) groups is 1. The second-order valence-electron chi connectivity index (χ2n) is 7.58. The molecule has 0 aromatic heterocycles. The Kier molecular flexibility index (Phi) is 6.36. The fourth-order valence-electron chi connectivity index (χ4n) is 3.54. The standard InChI is InChI=1S/C25H20F3N3O3/c1-31-20-10-6-5-9-19(20)21(17-11-13-18(14-12-17)25(26,27)28)29-22(23(31)32)30-24(33)34-15-16-7-3-2-4-8-16/h2-14,22H,15H2,1H3,(H,30,33). The number of fused-ring (bicyclic) bond motifs is 1. The van der Waals surface area contributed by atoms with Gasteiger partial charge >= 0.3 is 12.3 Å². The van der Waals surface area contributed by atoms with Crippen molar-refractivity contribution in [2.45, 2.75) is 18.9 Å². The highest BCUT2D eigenvalue weighted by Crippen LogP contribution is 2.31. The van der Waals surface area contributed by atoms with Gasteiger partial charge in [0.25, 0.3) is 5.91 Å². The first kappa shape index (κ1) is 23.0. The van der Waals surface area contributed by atoms with E-state index in [-0.39, 0.29) is 12.3 Å². The Balaban J connectivity index is 1.65. The zero-order valence-electron chi connectivity index (χ0n) is 18.0. The van der Waals surface area contributed by atoms with Crippen molar-refractivity contribution < 1.29 is 27.5 Å². The first-order chi connectivity index (χ1) is 16.2. The average molecular weight is 467 g/mol. The number of likely N-dealkylation sites (N-methyl/N-ethyl adjacent to an activating group) is 1.